The molecule has 122 valence electrons. The zero-order valence-electron chi connectivity index (χ0n) is 12.0. The number of hydrogen-bond acceptors (Lipinski definition) is 2. The van der Waals surface area contributed by atoms with Gasteiger partial charge in [-0.1, -0.05) is 24.3 Å². The highest BCUT2D eigenvalue weighted by atomic mass is 79.9. The summed E-state index contributed by atoms with van der Waals surface area (Å²) in [7, 11) is -4.12. The quantitative estimate of drug-likeness (QED) is 0.841. The second-order valence-corrected chi connectivity index (χ2v) is 7.97. The fourth-order valence-electron chi connectivity index (χ4n) is 2.91. The Morgan fingerprint density at radius 3 is 2.65 bits per heavy atom. The summed E-state index contributed by atoms with van der Waals surface area (Å²) in [5.74, 6) is -1.95. The second kappa shape index (κ2) is 6.30. The number of fused-ring (bicyclic) bond motifs is 1. The van der Waals surface area contributed by atoms with Gasteiger partial charge in [-0.15, -0.1) is 0 Å². The van der Waals surface area contributed by atoms with Crippen molar-refractivity contribution in [3.63, 3.8) is 0 Å². The minimum Gasteiger partial charge on any atom is -0.207 e. The van der Waals surface area contributed by atoms with Crippen LogP contribution in [0.3, 0.4) is 0 Å². The summed E-state index contributed by atoms with van der Waals surface area (Å²) in [6.07, 6.45) is 2.37. The molecule has 2 aromatic carbocycles. The van der Waals surface area contributed by atoms with Crippen LogP contribution in [0.25, 0.3) is 0 Å². The standard InChI is InChI=1S/C16H14BrF2NO2S/c17-13-8-11(18)9-14(19)16(13)23(21,22)20-15-7-3-5-10-4-1-2-6-12(10)15/h1-2,4,6,8-9,15,20H,3,5,7H2. The van der Waals surface area contributed by atoms with Gasteiger partial charge < -0.3 is 0 Å². The van der Waals surface area contributed by atoms with Crippen LogP contribution in [0.15, 0.2) is 45.8 Å². The number of nitrogens with one attached hydrogen (secondary N) is 1. The van der Waals surface area contributed by atoms with Gasteiger partial charge in [0.1, 0.15) is 16.5 Å². The number of rotatable bonds is 3. The number of hydrogen-bond donors (Lipinski definition) is 1. The molecule has 0 heterocycles. The van der Waals surface area contributed by atoms with Crippen LogP contribution in [0.5, 0.6) is 0 Å². The van der Waals surface area contributed by atoms with E-state index in [2.05, 4.69) is 20.7 Å². The molecule has 0 spiro atoms. The van der Waals surface area contributed by atoms with Gasteiger partial charge in [0, 0.05) is 16.6 Å². The normalized spacial score (nSPS) is 17.8. The van der Waals surface area contributed by atoms with E-state index >= 15 is 0 Å². The van der Waals surface area contributed by atoms with Gasteiger partial charge in [-0.2, -0.15) is 0 Å². The highest BCUT2D eigenvalue weighted by Gasteiger charge is 2.29. The molecule has 1 aliphatic rings. The van der Waals surface area contributed by atoms with Crippen LogP contribution in [0.4, 0.5) is 8.78 Å². The Balaban J connectivity index is 1.98. The first-order chi connectivity index (χ1) is 10.9. The number of benzene rings is 2. The maximum Gasteiger partial charge on any atom is 0.245 e. The van der Waals surface area contributed by atoms with E-state index in [1.807, 2.05) is 24.3 Å². The SMILES string of the molecule is O=S(=O)(NC1CCCc2ccccc21)c1c(F)cc(F)cc1Br. The van der Waals surface area contributed by atoms with Crippen molar-refractivity contribution in [2.24, 2.45) is 0 Å². The predicted molar refractivity (Wildman–Crippen MR) is 86.5 cm³/mol. The van der Waals surface area contributed by atoms with Gasteiger partial charge in [-0.05, 0) is 52.4 Å². The van der Waals surface area contributed by atoms with Crippen LogP contribution in [0, 0.1) is 11.6 Å². The third-order valence-electron chi connectivity index (χ3n) is 3.90. The van der Waals surface area contributed by atoms with Crippen molar-refractivity contribution in [2.45, 2.75) is 30.2 Å². The Labute approximate surface area is 141 Å². The van der Waals surface area contributed by atoms with E-state index in [0.717, 1.165) is 30.0 Å². The minimum absolute atomic E-state index is 0.133. The van der Waals surface area contributed by atoms with Crippen molar-refractivity contribution in [3.05, 3.63) is 63.6 Å². The van der Waals surface area contributed by atoms with E-state index in [1.165, 1.54) is 0 Å². The molecule has 0 aliphatic heterocycles. The Kier molecular flexibility index (Phi) is 4.53. The van der Waals surface area contributed by atoms with Crippen LogP contribution in [-0.2, 0) is 16.4 Å². The van der Waals surface area contributed by atoms with Gasteiger partial charge in [0.25, 0.3) is 0 Å². The van der Waals surface area contributed by atoms with Crippen molar-refractivity contribution in [2.75, 3.05) is 0 Å². The molecule has 1 unspecified atom stereocenters. The molecule has 0 fully saturated rings. The number of aryl methyl sites for hydroxylation is 1. The molecule has 0 radical (unpaired) electrons. The molecular formula is C16H14BrF2NO2S. The summed E-state index contributed by atoms with van der Waals surface area (Å²) >= 11 is 2.93. The molecule has 1 N–H and O–H groups in total. The Morgan fingerprint density at radius 1 is 1.17 bits per heavy atom. The number of halogens is 3. The molecule has 3 rings (SSSR count). The summed E-state index contributed by atoms with van der Waals surface area (Å²) in [6, 6.07) is 8.68. The van der Waals surface area contributed by atoms with Crippen molar-refractivity contribution in [1.29, 1.82) is 0 Å². The van der Waals surface area contributed by atoms with Crippen LogP contribution in [-0.4, -0.2) is 8.42 Å². The fraction of sp³-hybridized carbons (Fsp3) is 0.250. The monoisotopic (exact) mass is 401 g/mol. The van der Waals surface area contributed by atoms with E-state index in [0.29, 0.717) is 12.5 Å². The smallest absolute Gasteiger partial charge is 0.207 e. The summed E-state index contributed by atoms with van der Waals surface area (Å²) in [6.45, 7) is 0. The predicted octanol–water partition coefficient (Wildman–Crippen LogP) is 4.08. The van der Waals surface area contributed by atoms with E-state index in [9.17, 15) is 17.2 Å². The lowest BCUT2D eigenvalue weighted by Gasteiger charge is -2.26. The van der Waals surface area contributed by atoms with Crippen LogP contribution >= 0.6 is 15.9 Å². The van der Waals surface area contributed by atoms with E-state index in [-0.39, 0.29) is 4.47 Å². The van der Waals surface area contributed by atoms with Crippen LogP contribution < -0.4 is 4.72 Å². The molecule has 0 bridgehead atoms. The molecule has 1 aliphatic carbocycles. The molecule has 0 amide bonds. The molecule has 1 atom stereocenters. The first kappa shape index (κ1) is 16.5. The maximum atomic E-state index is 14.0. The zero-order chi connectivity index (χ0) is 16.6. The van der Waals surface area contributed by atoms with Crippen molar-refractivity contribution >= 4 is 26.0 Å². The first-order valence-corrected chi connectivity index (χ1v) is 9.41. The summed E-state index contributed by atoms with van der Waals surface area (Å²) in [5.41, 5.74) is 1.99. The first-order valence-electron chi connectivity index (χ1n) is 7.13. The summed E-state index contributed by atoms with van der Waals surface area (Å²) < 4.78 is 54.7. The van der Waals surface area contributed by atoms with Crippen molar-refractivity contribution in [3.8, 4) is 0 Å². The Hall–Kier alpha value is -1.31. The zero-order valence-corrected chi connectivity index (χ0v) is 14.4. The second-order valence-electron chi connectivity index (χ2n) is 5.46. The number of sulfonamides is 1. The third-order valence-corrected chi connectivity index (χ3v) is 6.33. The lowest BCUT2D eigenvalue weighted by atomic mass is 9.88. The van der Waals surface area contributed by atoms with E-state index < -0.39 is 32.6 Å². The van der Waals surface area contributed by atoms with Gasteiger partial charge in [-0.25, -0.2) is 21.9 Å². The molecule has 0 saturated carbocycles. The molecule has 0 saturated heterocycles. The van der Waals surface area contributed by atoms with E-state index in [1.54, 1.807) is 0 Å². The molecule has 7 heteroatoms. The maximum absolute atomic E-state index is 14.0. The molecule has 23 heavy (non-hydrogen) atoms. The minimum atomic E-state index is -4.12. The largest absolute Gasteiger partial charge is 0.245 e. The van der Waals surface area contributed by atoms with Crippen molar-refractivity contribution < 1.29 is 17.2 Å². The highest BCUT2D eigenvalue weighted by molar-refractivity contribution is 9.10. The van der Waals surface area contributed by atoms with Gasteiger partial charge >= 0.3 is 0 Å². The average molecular weight is 402 g/mol. The van der Waals surface area contributed by atoms with Crippen LogP contribution in [0.2, 0.25) is 0 Å². The lowest BCUT2D eigenvalue weighted by molar-refractivity contribution is 0.499. The fourth-order valence-corrected chi connectivity index (χ4v) is 5.32. The molecule has 3 nitrogen and oxygen atoms in total. The van der Waals surface area contributed by atoms with Gasteiger partial charge in [0.05, 0.1) is 0 Å². The Morgan fingerprint density at radius 2 is 1.91 bits per heavy atom. The summed E-state index contributed by atoms with van der Waals surface area (Å²) in [4.78, 5) is -0.568. The van der Waals surface area contributed by atoms with E-state index in [4.69, 9.17) is 0 Å². The molecule has 0 aromatic heterocycles. The van der Waals surface area contributed by atoms with Crippen molar-refractivity contribution in [1.82, 2.24) is 4.72 Å². The molecule has 2 aromatic rings. The van der Waals surface area contributed by atoms with Gasteiger partial charge in [0.15, 0.2) is 0 Å². The van der Waals surface area contributed by atoms with Gasteiger partial charge in [0.2, 0.25) is 10.0 Å². The topological polar surface area (TPSA) is 46.2 Å². The third kappa shape index (κ3) is 3.32. The summed E-state index contributed by atoms with van der Waals surface area (Å²) in [5, 5.41) is 0. The van der Waals surface area contributed by atoms with Gasteiger partial charge in [-0.3, -0.25) is 0 Å². The highest BCUT2D eigenvalue weighted by Crippen LogP contribution is 2.33. The Bertz CT molecular complexity index is 832. The lowest BCUT2D eigenvalue weighted by Crippen LogP contribution is -2.31. The van der Waals surface area contributed by atoms with Crippen LogP contribution in [0.1, 0.15) is 30.0 Å². The average Bonchev–Trinajstić information content (AvgIpc) is 2.45. The molecular weight excluding hydrogens is 388 g/mol.